The number of benzene rings is 1. The molecule has 0 radical (unpaired) electrons. The Balaban J connectivity index is 1.67. The second kappa shape index (κ2) is 9.01. The van der Waals surface area contributed by atoms with Crippen LogP contribution in [0.5, 0.6) is 6.01 Å². The normalized spacial score (nSPS) is 11.4. The molecule has 0 saturated heterocycles. The van der Waals surface area contributed by atoms with E-state index in [9.17, 15) is 18.0 Å². The number of rotatable bonds is 7. The van der Waals surface area contributed by atoms with Crippen LogP contribution < -0.4 is 10.3 Å². The van der Waals surface area contributed by atoms with Crippen LogP contribution in [0.1, 0.15) is 5.56 Å². The number of halogens is 4. The van der Waals surface area contributed by atoms with Gasteiger partial charge in [0.1, 0.15) is 6.61 Å². The van der Waals surface area contributed by atoms with Crippen molar-refractivity contribution in [1.82, 2.24) is 19.7 Å². The maximum atomic E-state index is 12.1. The van der Waals surface area contributed by atoms with Crippen LogP contribution in [0.3, 0.4) is 0 Å². The van der Waals surface area contributed by atoms with Gasteiger partial charge in [0.05, 0.1) is 18.8 Å². The highest BCUT2D eigenvalue weighted by Crippen LogP contribution is 2.17. The molecule has 29 heavy (non-hydrogen) atoms. The number of nitrogens with zero attached hydrogens (tertiary/aromatic N) is 4. The van der Waals surface area contributed by atoms with Gasteiger partial charge in [-0.3, -0.25) is 9.53 Å². The Morgan fingerprint density at radius 1 is 1.00 bits per heavy atom. The fraction of sp³-hybridized carbons (Fsp3) is 0.222. The van der Waals surface area contributed by atoms with Crippen LogP contribution in [0.25, 0.3) is 11.3 Å². The predicted octanol–water partition coefficient (Wildman–Crippen LogP) is 3.32. The first-order valence-corrected chi connectivity index (χ1v) is 8.66. The van der Waals surface area contributed by atoms with Crippen molar-refractivity contribution < 1.29 is 22.6 Å². The molecule has 2 heterocycles. The van der Waals surface area contributed by atoms with Crippen LogP contribution in [0, 0.1) is 0 Å². The quantitative estimate of drug-likeness (QED) is 0.539. The Labute approximate surface area is 167 Å². The van der Waals surface area contributed by atoms with Gasteiger partial charge in [0.25, 0.3) is 5.56 Å². The van der Waals surface area contributed by atoms with E-state index < -0.39 is 13.0 Å². The third kappa shape index (κ3) is 6.26. The van der Waals surface area contributed by atoms with E-state index in [0.29, 0.717) is 16.3 Å². The maximum absolute atomic E-state index is 12.1. The molecule has 0 amide bonds. The number of hydrogen-bond donors (Lipinski definition) is 0. The van der Waals surface area contributed by atoms with Gasteiger partial charge in [-0.15, -0.1) is 13.2 Å². The lowest BCUT2D eigenvalue weighted by molar-refractivity contribution is -0.325. The van der Waals surface area contributed by atoms with Gasteiger partial charge in [-0.2, -0.15) is 5.10 Å². The molecule has 2 aromatic heterocycles. The second-order valence-electron chi connectivity index (χ2n) is 5.74. The zero-order chi connectivity index (χ0) is 20.9. The van der Waals surface area contributed by atoms with E-state index in [-0.39, 0.29) is 24.7 Å². The van der Waals surface area contributed by atoms with Gasteiger partial charge in [-0.25, -0.2) is 14.6 Å². The van der Waals surface area contributed by atoms with Crippen molar-refractivity contribution >= 4 is 11.6 Å². The second-order valence-corrected chi connectivity index (χ2v) is 6.17. The van der Waals surface area contributed by atoms with E-state index in [2.05, 4.69) is 19.8 Å². The molecule has 0 unspecified atom stereocenters. The molecule has 11 heteroatoms. The highest BCUT2D eigenvalue weighted by atomic mass is 35.5. The number of alkyl halides is 3. The molecule has 7 nitrogen and oxygen atoms in total. The average Bonchev–Trinajstić information content (AvgIpc) is 2.68. The van der Waals surface area contributed by atoms with Gasteiger partial charge in [0.2, 0.25) is 0 Å². The minimum atomic E-state index is -4.71. The summed E-state index contributed by atoms with van der Waals surface area (Å²) in [6, 6.07) is 9.82. The molecule has 3 rings (SSSR count). The van der Waals surface area contributed by atoms with Crippen LogP contribution >= 0.6 is 11.6 Å². The highest BCUT2D eigenvalue weighted by Gasteiger charge is 2.28. The van der Waals surface area contributed by atoms with Crippen LogP contribution in [0.15, 0.2) is 53.6 Å². The molecule has 0 bridgehead atoms. The lowest BCUT2D eigenvalue weighted by Crippen LogP contribution is -2.22. The van der Waals surface area contributed by atoms with E-state index in [4.69, 9.17) is 16.3 Å². The van der Waals surface area contributed by atoms with Crippen LogP contribution in [-0.2, 0) is 11.3 Å². The molecule has 0 spiro atoms. The molecule has 152 valence electrons. The van der Waals surface area contributed by atoms with Crippen LogP contribution in [-0.4, -0.2) is 39.3 Å². The van der Waals surface area contributed by atoms with Gasteiger partial charge in [0.15, 0.2) is 0 Å². The molecule has 0 aliphatic heterocycles. The Kier molecular flexibility index (Phi) is 6.45. The minimum absolute atomic E-state index is 0.103. The van der Waals surface area contributed by atoms with Gasteiger partial charge in [0, 0.05) is 29.0 Å². The largest absolute Gasteiger partial charge is 0.522 e. The summed E-state index contributed by atoms with van der Waals surface area (Å²) < 4.78 is 45.5. The smallest absolute Gasteiger partial charge is 0.461 e. The first-order chi connectivity index (χ1) is 13.8. The summed E-state index contributed by atoms with van der Waals surface area (Å²) in [5.74, 6) is 0. The predicted molar refractivity (Wildman–Crippen MR) is 97.6 cm³/mol. The maximum Gasteiger partial charge on any atom is 0.522 e. The first kappa shape index (κ1) is 20.7. The first-order valence-electron chi connectivity index (χ1n) is 8.29. The monoisotopic (exact) mass is 426 g/mol. The molecule has 1 aromatic carbocycles. The molecular formula is C18H14ClF3N4O3. The molecule has 0 N–H and O–H groups in total. The number of ether oxygens (including phenoxy) is 2. The van der Waals surface area contributed by atoms with E-state index in [1.54, 1.807) is 24.3 Å². The van der Waals surface area contributed by atoms with Crippen molar-refractivity contribution in [2.45, 2.75) is 12.9 Å². The van der Waals surface area contributed by atoms with Crippen molar-refractivity contribution in [2.75, 3.05) is 13.2 Å². The van der Waals surface area contributed by atoms with Crippen molar-refractivity contribution in [3.05, 3.63) is 69.7 Å². The highest BCUT2D eigenvalue weighted by molar-refractivity contribution is 6.30. The Bertz CT molecular complexity index is 1010. The van der Waals surface area contributed by atoms with Crippen LogP contribution in [0.4, 0.5) is 13.2 Å². The summed E-state index contributed by atoms with van der Waals surface area (Å²) in [7, 11) is 0. The molecule has 0 aliphatic rings. The zero-order valence-corrected chi connectivity index (χ0v) is 15.5. The van der Waals surface area contributed by atoms with Crippen molar-refractivity contribution in [2.24, 2.45) is 0 Å². The summed E-state index contributed by atoms with van der Waals surface area (Å²) >= 11 is 5.86. The third-order valence-corrected chi connectivity index (χ3v) is 3.87. The van der Waals surface area contributed by atoms with Gasteiger partial charge < -0.3 is 4.74 Å². The minimum Gasteiger partial charge on any atom is -0.461 e. The number of aromatic nitrogens is 4. The van der Waals surface area contributed by atoms with Gasteiger partial charge >= 0.3 is 12.4 Å². The molecular weight excluding hydrogens is 413 g/mol. The van der Waals surface area contributed by atoms with E-state index in [1.165, 1.54) is 29.2 Å². The standard InChI is InChI=1S/C18H14ClF3N4O3/c19-14-3-1-12(2-4-14)11-26-16(27)6-5-15(25-26)13-9-23-17(24-10-13)28-7-8-29-18(20,21)22/h1-6,9-10H,7-8,11H2. The lowest BCUT2D eigenvalue weighted by atomic mass is 10.2. The fourth-order valence-electron chi connectivity index (χ4n) is 2.29. The van der Waals surface area contributed by atoms with E-state index in [1.807, 2.05) is 0 Å². The average molecular weight is 427 g/mol. The summed E-state index contributed by atoms with van der Waals surface area (Å²) in [4.78, 5) is 19.9. The summed E-state index contributed by atoms with van der Waals surface area (Å²) in [5.41, 5.74) is 1.52. The Hall–Kier alpha value is -2.98. The topological polar surface area (TPSA) is 79.1 Å². The lowest BCUT2D eigenvalue weighted by Gasteiger charge is -2.09. The van der Waals surface area contributed by atoms with Gasteiger partial charge in [-0.1, -0.05) is 23.7 Å². The molecule has 0 fully saturated rings. The third-order valence-electron chi connectivity index (χ3n) is 3.62. The van der Waals surface area contributed by atoms with Crippen molar-refractivity contribution in [1.29, 1.82) is 0 Å². The van der Waals surface area contributed by atoms with Crippen molar-refractivity contribution in [3.8, 4) is 17.3 Å². The van der Waals surface area contributed by atoms with E-state index in [0.717, 1.165) is 5.56 Å². The van der Waals surface area contributed by atoms with Crippen LogP contribution in [0.2, 0.25) is 5.02 Å². The Morgan fingerprint density at radius 3 is 2.34 bits per heavy atom. The molecule has 0 saturated carbocycles. The SMILES string of the molecule is O=c1ccc(-c2cnc(OCCOC(F)(F)F)nc2)nn1Cc1ccc(Cl)cc1. The fourth-order valence-corrected chi connectivity index (χ4v) is 2.42. The number of hydrogen-bond acceptors (Lipinski definition) is 6. The van der Waals surface area contributed by atoms with E-state index >= 15 is 0 Å². The van der Waals surface area contributed by atoms with Gasteiger partial charge in [-0.05, 0) is 23.8 Å². The summed E-state index contributed by atoms with van der Waals surface area (Å²) in [6.45, 7) is -0.778. The molecule has 0 aliphatic carbocycles. The molecule has 0 atom stereocenters. The summed E-state index contributed by atoms with van der Waals surface area (Å²) in [6.07, 6.45) is -1.92. The molecule has 3 aromatic rings. The summed E-state index contributed by atoms with van der Waals surface area (Å²) in [5, 5.41) is 4.89. The van der Waals surface area contributed by atoms with Crippen molar-refractivity contribution in [3.63, 3.8) is 0 Å². The zero-order valence-electron chi connectivity index (χ0n) is 14.8. The Morgan fingerprint density at radius 2 is 1.69 bits per heavy atom.